The highest BCUT2D eigenvalue weighted by Crippen LogP contribution is 2.34. The number of carbonyl (C=O) groups is 1. The van der Waals surface area contributed by atoms with Gasteiger partial charge in [-0.05, 0) is 38.5 Å². The molecule has 0 aliphatic carbocycles. The van der Waals surface area contributed by atoms with Crippen molar-refractivity contribution in [3.05, 3.63) is 46.8 Å². The van der Waals surface area contributed by atoms with Gasteiger partial charge in [-0.3, -0.25) is 4.79 Å². The molecule has 0 aromatic carbocycles. The molecule has 2 aromatic heterocycles. The molecule has 2 atom stereocenters. The van der Waals surface area contributed by atoms with Gasteiger partial charge in [-0.1, -0.05) is 0 Å². The molecule has 7 nitrogen and oxygen atoms in total. The summed E-state index contributed by atoms with van der Waals surface area (Å²) in [5, 5.41) is 12.5. The van der Waals surface area contributed by atoms with Crippen LogP contribution in [0.1, 0.15) is 46.9 Å². The van der Waals surface area contributed by atoms with Crippen molar-refractivity contribution in [2.45, 2.75) is 45.6 Å². The molecule has 0 saturated carbocycles. The number of aliphatic hydroxyl groups excluding tert-OH is 1. The summed E-state index contributed by atoms with van der Waals surface area (Å²) in [5.74, 6) is 0.282. The molecule has 2 N–H and O–H groups in total. The van der Waals surface area contributed by atoms with Crippen molar-refractivity contribution in [1.29, 1.82) is 0 Å². The summed E-state index contributed by atoms with van der Waals surface area (Å²) in [4.78, 5) is 22.8. The van der Waals surface area contributed by atoms with Crippen LogP contribution in [0, 0.1) is 6.92 Å². The minimum atomic E-state index is -4.44. The maximum atomic E-state index is 12.9. The number of nitrogens with zero attached hydrogens (tertiary/aromatic N) is 3. The number of alkyl halides is 3. The number of halogens is 3. The Morgan fingerprint density at radius 1 is 1.33 bits per heavy atom. The van der Waals surface area contributed by atoms with Crippen LogP contribution in [0.25, 0.3) is 0 Å². The topological polar surface area (TPSA) is 87.6 Å². The molecular formula is C20H23F3N4O3. The number of aryl methyl sites for hydroxylation is 1. The van der Waals surface area contributed by atoms with Crippen molar-refractivity contribution in [1.82, 2.24) is 14.9 Å². The first-order chi connectivity index (χ1) is 14.1. The lowest BCUT2D eigenvalue weighted by Gasteiger charge is -2.25. The first-order valence-electron chi connectivity index (χ1n) is 9.43. The molecule has 1 aliphatic rings. The Morgan fingerprint density at radius 2 is 2.07 bits per heavy atom. The number of amides is 1. The predicted molar refractivity (Wildman–Crippen MR) is 103 cm³/mol. The second-order valence-electron chi connectivity index (χ2n) is 7.32. The number of aliphatic hydroxyl groups is 1. The summed E-state index contributed by atoms with van der Waals surface area (Å²) < 4.78 is 41.8. The van der Waals surface area contributed by atoms with Gasteiger partial charge in [0.25, 0.3) is 5.91 Å². The Kier molecular flexibility index (Phi) is 6.16. The van der Waals surface area contributed by atoms with Crippen molar-refractivity contribution in [2.75, 3.05) is 18.5 Å². The van der Waals surface area contributed by atoms with Gasteiger partial charge >= 0.3 is 6.18 Å². The summed E-state index contributed by atoms with van der Waals surface area (Å²) in [6, 6.07) is 2.96. The average molecular weight is 424 g/mol. The summed E-state index contributed by atoms with van der Waals surface area (Å²) in [5.41, 5.74) is 2.40. The zero-order chi connectivity index (χ0) is 22.1. The number of rotatable bonds is 7. The Morgan fingerprint density at radius 3 is 2.70 bits per heavy atom. The van der Waals surface area contributed by atoms with E-state index < -0.39 is 18.9 Å². The number of aromatic nitrogens is 2. The van der Waals surface area contributed by atoms with Gasteiger partial charge in [0.05, 0.1) is 18.7 Å². The number of ether oxygens (including phenoxy) is 1. The number of nitrogens with one attached hydrogen (secondary N) is 1. The molecule has 0 saturated heterocycles. The van der Waals surface area contributed by atoms with Gasteiger partial charge in [0.15, 0.2) is 6.61 Å². The molecule has 0 radical (unpaired) electrons. The van der Waals surface area contributed by atoms with Gasteiger partial charge in [-0.15, -0.1) is 0 Å². The number of hydrogen-bond donors (Lipinski definition) is 2. The SMILES string of the molecule is Cc1cc(C(C)N2Cc3c(ccnc3NC[C@H](C)O)C2=O)cnc1OCC(F)(F)F. The number of anilines is 1. The third-order valence-electron chi connectivity index (χ3n) is 4.81. The normalized spacial score (nSPS) is 15.7. The molecule has 10 heteroatoms. The largest absolute Gasteiger partial charge is 0.468 e. The molecule has 3 rings (SSSR count). The highest BCUT2D eigenvalue weighted by Gasteiger charge is 2.34. The van der Waals surface area contributed by atoms with E-state index in [9.17, 15) is 23.1 Å². The van der Waals surface area contributed by atoms with Crippen molar-refractivity contribution >= 4 is 11.7 Å². The third kappa shape index (κ3) is 4.81. The van der Waals surface area contributed by atoms with Crippen LogP contribution in [0.15, 0.2) is 24.5 Å². The summed E-state index contributed by atoms with van der Waals surface area (Å²) in [6.07, 6.45) is -2.05. The molecule has 0 bridgehead atoms. The second kappa shape index (κ2) is 8.47. The first-order valence-corrected chi connectivity index (χ1v) is 9.43. The zero-order valence-corrected chi connectivity index (χ0v) is 16.8. The Balaban J connectivity index is 1.77. The van der Waals surface area contributed by atoms with Crippen molar-refractivity contribution in [2.24, 2.45) is 0 Å². The Hall–Kier alpha value is -2.88. The molecule has 1 amide bonds. The van der Waals surface area contributed by atoms with Gasteiger partial charge in [0.2, 0.25) is 5.88 Å². The number of hydrogen-bond acceptors (Lipinski definition) is 6. The Bertz CT molecular complexity index is 934. The van der Waals surface area contributed by atoms with Gasteiger partial charge in [0, 0.05) is 35.6 Å². The van der Waals surface area contributed by atoms with Gasteiger partial charge in [-0.25, -0.2) is 9.97 Å². The van der Waals surface area contributed by atoms with Crippen molar-refractivity contribution in [3.8, 4) is 5.88 Å². The fourth-order valence-electron chi connectivity index (χ4n) is 3.25. The lowest BCUT2D eigenvalue weighted by atomic mass is 10.1. The standard InChI is InChI=1S/C20H23F3N4O3/c1-11-6-14(8-26-18(11)30-10-20(21,22)23)13(3)27-9-16-15(19(27)29)4-5-24-17(16)25-7-12(2)28/h4-6,8,12-13,28H,7,9-10H2,1-3H3,(H,24,25)/t12-,13?/m0/s1. The van der Waals surface area contributed by atoms with E-state index in [1.165, 1.54) is 12.4 Å². The van der Waals surface area contributed by atoms with Crippen molar-refractivity contribution < 1.29 is 27.8 Å². The minimum Gasteiger partial charge on any atom is -0.468 e. The van der Waals surface area contributed by atoms with Crippen molar-refractivity contribution in [3.63, 3.8) is 0 Å². The van der Waals surface area contributed by atoms with Gasteiger partial charge < -0.3 is 20.1 Å². The van der Waals surface area contributed by atoms with Crippen LogP contribution in [-0.4, -0.2) is 51.3 Å². The summed E-state index contributed by atoms with van der Waals surface area (Å²) in [6.45, 7) is 4.29. The van der Waals surface area contributed by atoms with Gasteiger partial charge in [-0.2, -0.15) is 13.2 Å². The van der Waals surface area contributed by atoms with E-state index in [2.05, 4.69) is 15.3 Å². The average Bonchev–Trinajstić information content (AvgIpc) is 3.01. The molecule has 1 aliphatic heterocycles. The van der Waals surface area contributed by atoms with Crippen LogP contribution in [0.4, 0.5) is 19.0 Å². The van der Waals surface area contributed by atoms with E-state index in [-0.39, 0.29) is 17.8 Å². The first kappa shape index (κ1) is 21.8. The lowest BCUT2D eigenvalue weighted by Crippen LogP contribution is -2.27. The fraction of sp³-hybridized carbons (Fsp3) is 0.450. The fourth-order valence-corrected chi connectivity index (χ4v) is 3.25. The molecular weight excluding hydrogens is 401 g/mol. The maximum Gasteiger partial charge on any atom is 0.422 e. The Labute approximate surface area is 171 Å². The lowest BCUT2D eigenvalue weighted by molar-refractivity contribution is -0.154. The van der Waals surface area contributed by atoms with Crippen LogP contribution in [0.3, 0.4) is 0 Å². The second-order valence-corrected chi connectivity index (χ2v) is 7.32. The monoisotopic (exact) mass is 424 g/mol. The zero-order valence-electron chi connectivity index (χ0n) is 16.8. The van der Waals surface area contributed by atoms with Crippen LogP contribution in [-0.2, 0) is 6.54 Å². The van der Waals surface area contributed by atoms with Crippen LogP contribution in [0.5, 0.6) is 5.88 Å². The predicted octanol–water partition coefficient (Wildman–Crippen LogP) is 3.24. The van der Waals surface area contributed by atoms with E-state index in [0.717, 1.165) is 5.56 Å². The molecule has 162 valence electrons. The van der Waals surface area contributed by atoms with E-state index >= 15 is 0 Å². The summed E-state index contributed by atoms with van der Waals surface area (Å²) >= 11 is 0. The highest BCUT2D eigenvalue weighted by molar-refractivity contribution is 5.99. The van der Waals surface area contributed by atoms with E-state index in [0.29, 0.717) is 35.6 Å². The smallest absolute Gasteiger partial charge is 0.422 e. The molecule has 0 fully saturated rings. The molecule has 30 heavy (non-hydrogen) atoms. The minimum absolute atomic E-state index is 0.0897. The van der Waals surface area contributed by atoms with Gasteiger partial charge in [0.1, 0.15) is 5.82 Å². The number of carbonyl (C=O) groups excluding carboxylic acids is 1. The van der Waals surface area contributed by atoms with Crippen LogP contribution in [0.2, 0.25) is 0 Å². The maximum absolute atomic E-state index is 12.9. The quantitative estimate of drug-likeness (QED) is 0.710. The molecule has 1 unspecified atom stereocenters. The summed E-state index contributed by atoms with van der Waals surface area (Å²) in [7, 11) is 0. The molecule has 2 aromatic rings. The molecule has 0 spiro atoms. The van der Waals surface area contributed by atoms with Crippen LogP contribution >= 0.6 is 0 Å². The van der Waals surface area contributed by atoms with Crippen LogP contribution < -0.4 is 10.1 Å². The highest BCUT2D eigenvalue weighted by atomic mass is 19.4. The number of fused-ring (bicyclic) bond motifs is 1. The third-order valence-corrected chi connectivity index (χ3v) is 4.81. The van der Waals surface area contributed by atoms with E-state index in [1.807, 2.05) is 6.92 Å². The number of pyridine rings is 2. The van der Waals surface area contributed by atoms with E-state index in [4.69, 9.17) is 4.74 Å². The van der Waals surface area contributed by atoms with E-state index in [1.54, 1.807) is 30.9 Å². The molecule has 3 heterocycles.